The van der Waals surface area contributed by atoms with Crippen LogP contribution in [0.3, 0.4) is 0 Å². The second-order valence-corrected chi connectivity index (χ2v) is 3.63. The summed E-state index contributed by atoms with van der Waals surface area (Å²) < 4.78 is 5.49. The fraction of sp³-hybridized carbons (Fsp3) is 1.00. The molecule has 0 amide bonds. The summed E-state index contributed by atoms with van der Waals surface area (Å²) in [5.41, 5.74) is 0. The van der Waals surface area contributed by atoms with Gasteiger partial charge in [-0.25, -0.2) is 0 Å². The van der Waals surface area contributed by atoms with Crippen molar-refractivity contribution >= 4 is 12.6 Å². The fourth-order valence-corrected chi connectivity index (χ4v) is 1.54. The molecule has 66 valence electrons. The molecular weight excluding hydrogens is 158 g/mol. The summed E-state index contributed by atoms with van der Waals surface area (Å²) in [6.07, 6.45) is 0.342. The van der Waals surface area contributed by atoms with E-state index in [4.69, 9.17) is 4.74 Å². The second-order valence-electron chi connectivity index (χ2n) is 3.26. The van der Waals surface area contributed by atoms with E-state index in [0.29, 0.717) is 12.1 Å². The molecule has 1 heterocycles. The number of morpholine rings is 1. The molecule has 0 aromatic rings. The van der Waals surface area contributed by atoms with Crippen LogP contribution in [0.5, 0.6) is 0 Å². The first-order chi connectivity index (χ1) is 5.24. The summed E-state index contributed by atoms with van der Waals surface area (Å²) in [5, 5.41) is 0. The highest BCUT2D eigenvalue weighted by Crippen LogP contribution is 2.09. The first-order valence-corrected chi connectivity index (χ1v) is 4.83. The average molecular weight is 175 g/mol. The highest BCUT2D eigenvalue weighted by Gasteiger charge is 2.20. The molecule has 1 aliphatic heterocycles. The summed E-state index contributed by atoms with van der Waals surface area (Å²) >= 11 is 4.22. The van der Waals surface area contributed by atoms with E-state index >= 15 is 0 Å². The molecule has 2 nitrogen and oxygen atoms in total. The predicted octanol–water partition coefficient (Wildman–Crippen LogP) is 1.03. The Morgan fingerprint density at radius 1 is 1.64 bits per heavy atom. The summed E-state index contributed by atoms with van der Waals surface area (Å²) in [6.45, 7) is 7.42. The highest BCUT2D eigenvalue weighted by molar-refractivity contribution is 7.80. The van der Waals surface area contributed by atoms with Gasteiger partial charge in [-0.3, -0.25) is 4.90 Å². The molecule has 0 aromatic heterocycles. The number of ether oxygens (including phenoxy) is 1. The van der Waals surface area contributed by atoms with E-state index in [2.05, 4.69) is 31.4 Å². The van der Waals surface area contributed by atoms with Crippen molar-refractivity contribution in [2.75, 3.05) is 25.4 Å². The molecule has 0 radical (unpaired) electrons. The maximum absolute atomic E-state index is 5.49. The normalized spacial score (nSPS) is 27.8. The number of hydrogen-bond donors (Lipinski definition) is 1. The second kappa shape index (κ2) is 4.33. The van der Waals surface area contributed by atoms with Crippen molar-refractivity contribution in [3.63, 3.8) is 0 Å². The van der Waals surface area contributed by atoms with Crippen molar-refractivity contribution in [1.29, 1.82) is 0 Å². The first kappa shape index (κ1) is 9.36. The maximum Gasteiger partial charge on any atom is 0.0790 e. The molecule has 1 saturated heterocycles. The van der Waals surface area contributed by atoms with Crippen LogP contribution >= 0.6 is 12.6 Å². The molecule has 1 fully saturated rings. The molecule has 0 saturated carbocycles. The average Bonchev–Trinajstić information content (AvgIpc) is 2.05. The van der Waals surface area contributed by atoms with Gasteiger partial charge in [-0.05, 0) is 13.8 Å². The number of hydrogen-bond acceptors (Lipinski definition) is 3. The van der Waals surface area contributed by atoms with Gasteiger partial charge >= 0.3 is 0 Å². The van der Waals surface area contributed by atoms with Gasteiger partial charge in [0.15, 0.2) is 0 Å². The van der Waals surface area contributed by atoms with Crippen LogP contribution in [0.25, 0.3) is 0 Å². The van der Waals surface area contributed by atoms with Gasteiger partial charge < -0.3 is 4.74 Å². The third-order valence-corrected chi connectivity index (χ3v) is 2.51. The molecule has 0 aliphatic carbocycles. The van der Waals surface area contributed by atoms with E-state index in [9.17, 15) is 0 Å². The molecule has 0 bridgehead atoms. The van der Waals surface area contributed by atoms with Crippen molar-refractivity contribution < 1.29 is 4.74 Å². The quantitative estimate of drug-likeness (QED) is 0.629. The molecule has 1 atom stereocenters. The molecule has 1 unspecified atom stereocenters. The smallest absolute Gasteiger partial charge is 0.0790 e. The lowest BCUT2D eigenvalue weighted by atomic mass is 10.2. The van der Waals surface area contributed by atoms with E-state index < -0.39 is 0 Å². The summed E-state index contributed by atoms with van der Waals surface area (Å²) in [5.74, 6) is 0.837. The number of rotatable bonds is 2. The number of thiol groups is 1. The van der Waals surface area contributed by atoms with Gasteiger partial charge in [0, 0.05) is 24.9 Å². The van der Waals surface area contributed by atoms with Crippen molar-refractivity contribution in [3.05, 3.63) is 0 Å². The van der Waals surface area contributed by atoms with Crippen LogP contribution in [0.1, 0.15) is 13.8 Å². The Hall–Kier alpha value is 0.270. The van der Waals surface area contributed by atoms with E-state index in [0.717, 1.165) is 25.4 Å². The Balaban J connectivity index is 2.33. The Bertz CT molecular complexity index is 119. The Labute approximate surface area is 74.3 Å². The van der Waals surface area contributed by atoms with E-state index in [1.807, 2.05) is 0 Å². The molecule has 3 heteroatoms. The lowest BCUT2D eigenvalue weighted by molar-refractivity contribution is -0.0263. The summed E-state index contributed by atoms with van der Waals surface area (Å²) in [4.78, 5) is 2.43. The highest BCUT2D eigenvalue weighted by atomic mass is 32.1. The fourth-order valence-electron chi connectivity index (χ4n) is 1.32. The van der Waals surface area contributed by atoms with Gasteiger partial charge in [-0.15, -0.1) is 0 Å². The van der Waals surface area contributed by atoms with E-state index in [1.54, 1.807) is 0 Å². The zero-order valence-corrected chi connectivity index (χ0v) is 8.18. The van der Waals surface area contributed by atoms with Gasteiger partial charge in [-0.2, -0.15) is 12.6 Å². The molecule has 11 heavy (non-hydrogen) atoms. The van der Waals surface area contributed by atoms with Gasteiger partial charge in [0.05, 0.1) is 12.7 Å². The molecular formula is C8H17NOS. The molecule has 1 aliphatic rings. The van der Waals surface area contributed by atoms with Crippen molar-refractivity contribution in [1.82, 2.24) is 4.90 Å². The Morgan fingerprint density at radius 3 is 2.91 bits per heavy atom. The largest absolute Gasteiger partial charge is 0.375 e. The minimum atomic E-state index is 0.342. The van der Waals surface area contributed by atoms with E-state index in [1.165, 1.54) is 0 Å². The lowest BCUT2D eigenvalue weighted by Gasteiger charge is -2.34. The summed E-state index contributed by atoms with van der Waals surface area (Å²) in [6, 6.07) is 0.640. The van der Waals surface area contributed by atoms with Crippen LogP contribution in [-0.4, -0.2) is 42.5 Å². The topological polar surface area (TPSA) is 12.5 Å². The van der Waals surface area contributed by atoms with Crippen LogP contribution in [0.2, 0.25) is 0 Å². The van der Waals surface area contributed by atoms with Gasteiger partial charge in [0.1, 0.15) is 0 Å². The zero-order valence-electron chi connectivity index (χ0n) is 7.29. The SMILES string of the molecule is CC(C)N1CCOC(CS)C1. The minimum Gasteiger partial charge on any atom is -0.375 e. The monoisotopic (exact) mass is 175 g/mol. The predicted molar refractivity (Wildman–Crippen MR) is 50.3 cm³/mol. The maximum atomic E-state index is 5.49. The van der Waals surface area contributed by atoms with Crippen molar-refractivity contribution in [3.8, 4) is 0 Å². The number of nitrogens with zero attached hydrogens (tertiary/aromatic N) is 1. The van der Waals surface area contributed by atoms with Crippen LogP contribution in [0, 0.1) is 0 Å². The first-order valence-electron chi connectivity index (χ1n) is 4.20. The summed E-state index contributed by atoms with van der Waals surface area (Å²) in [7, 11) is 0. The minimum absolute atomic E-state index is 0.342. The van der Waals surface area contributed by atoms with Crippen molar-refractivity contribution in [2.24, 2.45) is 0 Å². The van der Waals surface area contributed by atoms with Gasteiger partial charge in [-0.1, -0.05) is 0 Å². The molecule has 0 spiro atoms. The third-order valence-electron chi connectivity index (χ3n) is 2.10. The zero-order chi connectivity index (χ0) is 8.27. The Kier molecular flexibility index (Phi) is 3.69. The molecule has 1 rings (SSSR count). The third kappa shape index (κ3) is 2.65. The van der Waals surface area contributed by atoms with Crippen LogP contribution in [-0.2, 0) is 4.74 Å². The van der Waals surface area contributed by atoms with Crippen molar-refractivity contribution in [2.45, 2.75) is 26.0 Å². The Morgan fingerprint density at radius 2 is 2.36 bits per heavy atom. The standard InChI is InChI=1S/C8H17NOS/c1-7(2)9-3-4-10-8(5-9)6-11/h7-8,11H,3-6H2,1-2H3. The lowest BCUT2D eigenvalue weighted by Crippen LogP contribution is -2.46. The van der Waals surface area contributed by atoms with Crippen LogP contribution in [0.15, 0.2) is 0 Å². The van der Waals surface area contributed by atoms with E-state index in [-0.39, 0.29) is 0 Å². The van der Waals surface area contributed by atoms with Crippen LogP contribution < -0.4 is 0 Å². The molecule has 0 N–H and O–H groups in total. The van der Waals surface area contributed by atoms with Gasteiger partial charge in [0.2, 0.25) is 0 Å². The van der Waals surface area contributed by atoms with Crippen LogP contribution in [0.4, 0.5) is 0 Å². The molecule has 0 aromatic carbocycles. The van der Waals surface area contributed by atoms with Gasteiger partial charge in [0.25, 0.3) is 0 Å².